The lowest BCUT2D eigenvalue weighted by Gasteiger charge is -2.31. The predicted octanol–water partition coefficient (Wildman–Crippen LogP) is 4.69. The van der Waals surface area contributed by atoms with Crippen LogP contribution in [0.5, 0.6) is 11.5 Å². The highest BCUT2D eigenvalue weighted by Crippen LogP contribution is 2.29. The van der Waals surface area contributed by atoms with Crippen molar-refractivity contribution in [2.24, 2.45) is 5.92 Å². The molecule has 1 saturated heterocycles. The lowest BCUT2D eigenvalue weighted by molar-refractivity contribution is -0.121. The number of rotatable bonds is 7. The van der Waals surface area contributed by atoms with Gasteiger partial charge in [-0.25, -0.2) is 9.37 Å². The Labute approximate surface area is 207 Å². The Hall–Kier alpha value is -3.46. The van der Waals surface area contributed by atoms with Crippen LogP contribution in [-0.4, -0.2) is 49.0 Å². The van der Waals surface area contributed by atoms with E-state index in [4.69, 9.17) is 9.47 Å². The van der Waals surface area contributed by atoms with Crippen molar-refractivity contribution < 1.29 is 23.5 Å². The van der Waals surface area contributed by atoms with Crippen LogP contribution in [0.3, 0.4) is 0 Å². The number of aromatic nitrogens is 1. The summed E-state index contributed by atoms with van der Waals surface area (Å²) in [5.41, 5.74) is 1.87. The van der Waals surface area contributed by atoms with E-state index in [1.807, 2.05) is 6.92 Å². The van der Waals surface area contributed by atoms with E-state index >= 15 is 0 Å². The monoisotopic (exact) mass is 497 g/mol. The zero-order valence-corrected chi connectivity index (χ0v) is 20.8. The second kappa shape index (κ2) is 10.9. The molecule has 184 valence electrons. The molecular weight excluding hydrogens is 469 g/mol. The fourth-order valence-corrected chi connectivity index (χ4v) is 5.11. The van der Waals surface area contributed by atoms with Crippen molar-refractivity contribution >= 4 is 28.3 Å². The first kappa shape index (κ1) is 24.7. The average Bonchev–Trinajstić information content (AvgIpc) is 3.22. The molecule has 1 N–H and O–H groups in total. The smallest absolute Gasteiger partial charge is 0.254 e. The van der Waals surface area contributed by atoms with Gasteiger partial charge in [0.05, 0.1) is 19.9 Å². The quantitative estimate of drug-likeness (QED) is 0.512. The van der Waals surface area contributed by atoms with Gasteiger partial charge in [-0.05, 0) is 43.5 Å². The highest BCUT2D eigenvalue weighted by Gasteiger charge is 2.29. The van der Waals surface area contributed by atoms with Gasteiger partial charge in [-0.1, -0.05) is 18.2 Å². The predicted molar refractivity (Wildman–Crippen MR) is 133 cm³/mol. The van der Waals surface area contributed by atoms with E-state index in [-0.39, 0.29) is 23.5 Å². The zero-order valence-electron chi connectivity index (χ0n) is 20.0. The molecule has 7 nitrogen and oxygen atoms in total. The molecule has 2 aromatic carbocycles. The molecule has 0 saturated carbocycles. The van der Waals surface area contributed by atoms with Crippen molar-refractivity contribution in [3.63, 3.8) is 0 Å². The van der Waals surface area contributed by atoms with E-state index in [0.29, 0.717) is 60.1 Å². The normalized spacial score (nSPS) is 14.0. The van der Waals surface area contributed by atoms with Gasteiger partial charge < -0.3 is 19.7 Å². The number of nitrogens with zero attached hydrogens (tertiary/aromatic N) is 2. The second-order valence-electron chi connectivity index (χ2n) is 8.45. The van der Waals surface area contributed by atoms with Crippen LogP contribution >= 0.6 is 11.3 Å². The minimum Gasteiger partial charge on any atom is -0.497 e. The molecule has 2 amide bonds. The Morgan fingerprint density at radius 2 is 1.77 bits per heavy atom. The van der Waals surface area contributed by atoms with E-state index in [9.17, 15) is 14.0 Å². The molecule has 0 bridgehead atoms. The van der Waals surface area contributed by atoms with Crippen molar-refractivity contribution in [3.05, 3.63) is 70.0 Å². The molecule has 1 aromatic heterocycles. The third kappa shape index (κ3) is 5.79. The lowest BCUT2D eigenvalue weighted by atomic mass is 9.95. The van der Waals surface area contributed by atoms with E-state index in [1.165, 1.54) is 17.4 Å². The van der Waals surface area contributed by atoms with Crippen molar-refractivity contribution in [2.75, 3.05) is 32.6 Å². The average molecular weight is 498 g/mol. The first-order valence-electron chi connectivity index (χ1n) is 11.4. The van der Waals surface area contributed by atoms with Crippen LogP contribution < -0.4 is 14.8 Å². The molecule has 3 aromatic rings. The van der Waals surface area contributed by atoms with E-state index in [2.05, 4.69) is 10.3 Å². The molecule has 2 heterocycles. The van der Waals surface area contributed by atoms with Gasteiger partial charge in [0.25, 0.3) is 5.91 Å². The maximum absolute atomic E-state index is 14.0. The molecule has 9 heteroatoms. The standard InChI is InChI=1S/C26H28FN3O4S/c1-16-23(14-18-6-4-5-7-22(18)27)35-26(28-16)29-24(31)17-8-10-30(11-9-17)25(32)19-12-20(33-2)15-21(13-19)34-3/h4-7,12-13,15,17H,8-11,14H2,1-3H3,(H,28,29,31). The molecule has 0 aliphatic carbocycles. The molecule has 35 heavy (non-hydrogen) atoms. The third-order valence-electron chi connectivity index (χ3n) is 6.18. The minimum atomic E-state index is -0.250. The number of hydrogen-bond acceptors (Lipinski definition) is 6. The van der Waals surface area contributed by atoms with Crippen LogP contribution in [0.1, 0.15) is 39.3 Å². The summed E-state index contributed by atoms with van der Waals surface area (Å²) in [4.78, 5) is 33.0. The van der Waals surface area contributed by atoms with Crippen molar-refractivity contribution in [2.45, 2.75) is 26.2 Å². The summed E-state index contributed by atoms with van der Waals surface area (Å²) in [7, 11) is 3.08. The zero-order chi connectivity index (χ0) is 24.9. The van der Waals surface area contributed by atoms with Crippen LogP contribution in [0.15, 0.2) is 42.5 Å². The van der Waals surface area contributed by atoms with Crippen LogP contribution in [-0.2, 0) is 11.2 Å². The maximum Gasteiger partial charge on any atom is 0.254 e. The maximum atomic E-state index is 14.0. The summed E-state index contributed by atoms with van der Waals surface area (Å²) in [6.45, 7) is 2.82. The Morgan fingerprint density at radius 3 is 2.40 bits per heavy atom. The van der Waals surface area contributed by atoms with Crippen LogP contribution in [0.2, 0.25) is 0 Å². The second-order valence-corrected chi connectivity index (χ2v) is 9.54. The minimum absolute atomic E-state index is 0.105. The van der Waals surface area contributed by atoms with Gasteiger partial charge in [-0.15, -0.1) is 11.3 Å². The number of ether oxygens (including phenoxy) is 2. The number of methoxy groups -OCH3 is 2. The Bertz CT molecular complexity index is 1200. The first-order chi connectivity index (χ1) is 16.9. The van der Waals surface area contributed by atoms with Gasteiger partial charge in [0.1, 0.15) is 17.3 Å². The van der Waals surface area contributed by atoms with Crippen LogP contribution in [0, 0.1) is 18.7 Å². The number of carbonyl (C=O) groups excluding carboxylic acids is 2. The number of carbonyl (C=O) groups is 2. The number of amides is 2. The number of thiazole rings is 1. The van der Waals surface area contributed by atoms with Gasteiger partial charge in [-0.3, -0.25) is 9.59 Å². The Balaban J connectivity index is 1.34. The number of likely N-dealkylation sites (tertiary alicyclic amines) is 1. The van der Waals surface area contributed by atoms with Crippen LogP contribution in [0.25, 0.3) is 0 Å². The van der Waals surface area contributed by atoms with E-state index in [0.717, 1.165) is 10.6 Å². The molecular formula is C26H28FN3O4S. The SMILES string of the molecule is COc1cc(OC)cc(C(=O)N2CCC(C(=O)Nc3nc(C)c(Cc4ccccc4F)s3)CC2)c1. The molecule has 0 atom stereocenters. The fraction of sp³-hybridized carbons (Fsp3) is 0.346. The highest BCUT2D eigenvalue weighted by atomic mass is 32.1. The fourth-order valence-electron chi connectivity index (χ4n) is 4.13. The van der Waals surface area contributed by atoms with Crippen molar-refractivity contribution in [1.29, 1.82) is 0 Å². The van der Waals surface area contributed by atoms with Gasteiger partial charge in [-0.2, -0.15) is 0 Å². The highest BCUT2D eigenvalue weighted by molar-refractivity contribution is 7.15. The molecule has 0 radical (unpaired) electrons. The van der Waals surface area contributed by atoms with Gasteiger partial charge >= 0.3 is 0 Å². The summed E-state index contributed by atoms with van der Waals surface area (Å²) in [6.07, 6.45) is 1.55. The van der Waals surface area contributed by atoms with Crippen molar-refractivity contribution in [3.8, 4) is 11.5 Å². The van der Waals surface area contributed by atoms with Gasteiger partial charge in [0, 0.05) is 41.9 Å². The molecule has 4 rings (SSSR count). The molecule has 1 aliphatic heterocycles. The largest absolute Gasteiger partial charge is 0.497 e. The van der Waals surface area contributed by atoms with Gasteiger partial charge in [0.15, 0.2) is 5.13 Å². The number of hydrogen-bond donors (Lipinski definition) is 1. The number of anilines is 1. The van der Waals surface area contributed by atoms with E-state index in [1.54, 1.807) is 55.5 Å². The number of halogens is 1. The third-order valence-corrected chi connectivity index (χ3v) is 7.26. The van der Waals surface area contributed by atoms with E-state index < -0.39 is 0 Å². The first-order valence-corrected chi connectivity index (χ1v) is 12.2. The number of piperidine rings is 1. The number of nitrogens with one attached hydrogen (secondary N) is 1. The molecule has 0 spiro atoms. The summed E-state index contributed by atoms with van der Waals surface area (Å²) >= 11 is 1.37. The summed E-state index contributed by atoms with van der Waals surface area (Å²) in [5.74, 6) is 0.420. The van der Waals surface area contributed by atoms with Gasteiger partial charge in [0.2, 0.25) is 5.91 Å². The van der Waals surface area contributed by atoms with Crippen LogP contribution in [0.4, 0.5) is 9.52 Å². The summed E-state index contributed by atoms with van der Waals surface area (Å²) in [5, 5.41) is 3.43. The molecule has 0 unspecified atom stereocenters. The van der Waals surface area contributed by atoms with Crippen molar-refractivity contribution in [1.82, 2.24) is 9.88 Å². The lowest BCUT2D eigenvalue weighted by Crippen LogP contribution is -2.41. The topological polar surface area (TPSA) is 80.8 Å². The summed E-state index contributed by atoms with van der Waals surface area (Å²) < 4.78 is 24.5. The summed E-state index contributed by atoms with van der Waals surface area (Å²) in [6, 6.07) is 11.8. The Morgan fingerprint density at radius 1 is 1.11 bits per heavy atom. The number of aryl methyl sites for hydroxylation is 1. The number of benzene rings is 2. The molecule has 1 fully saturated rings. The Kier molecular flexibility index (Phi) is 7.65. The molecule has 1 aliphatic rings.